The Hall–Kier alpha value is -3.56. The number of hydrogen-bond acceptors (Lipinski definition) is 4. The van der Waals surface area contributed by atoms with Gasteiger partial charge in [0.1, 0.15) is 17.0 Å². The Morgan fingerprint density at radius 3 is 2.55 bits per heavy atom. The Labute approximate surface area is 173 Å². The van der Waals surface area contributed by atoms with E-state index in [1.54, 1.807) is 49.4 Å². The van der Waals surface area contributed by atoms with Crippen LogP contribution in [0.1, 0.15) is 28.6 Å². The lowest BCUT2D eigenvalue weighted by atomic mass is 10.1. The number of amides is 2. The van der Waals surface area contributed by atoms with E-state index in [0.29, 0.717) is 33.3 Å². The van der Waals surface area contributed by atoms with Crippen LogP contribution in [0.25, 0.3) is 11.3 Å². The van der Waals surface area contributed by atoms with Crippen LogP contribution in [-0.2, 0) is 4.79 Å². The van der Waals surface area contributed by atoms with Crippen LogP contribution >= 0.6 is 11.6 Å². The fourth-order valence-corrected chi connectivity index (χ4v) is 2.90. The van der Waals surface area contributed by atoms with Gasteiger partial charge in [-0.25, -0.2) is 0 Å². The van der Waals surface area contributed by atoms with Crippen molar-refractivity contribution in [3.63, 3.8) is 0 Å². The molecular weight excluding hydrogens is 390 g/mol. The average molecular weight is 408 g/mol. The molecular formula is C22H18ClN3O3. The third kappa shape index (κ3) is 5.03. The minimum atomic E-state index is -0.339. The summed E-state index contributed by atoms with van der Waals surface area (Å²) in [6.45, 7) is 3.27. The molecule has 3 rings (SSSR count). The van der Waals surface area contributed by atoms with Crippen molar-refractivity contribution in [3.05, 3.63) is 70.4 Å². The maximum absolute atomic E-state index is 12.6. The number of carbonyl (C=O) groups is 2. The lowest BCUT2D eigenvalue weighted by Crippen LogP contribution is -2.24. The van der Waals surface area contributed by atoms with Crippen LogP contribution in [0.4, 0.5) is 5.69 Å². The van der Waals surface area contributed by atoms with Gasteiger partial charge in [0.05, 0.1) is 11.6 Å². The molecule has 0 radical (unpaired) electrons. The van der Waals surface area contributed by atoms with Crippen LogP contribution in [0, 0.1) is 18.8 Å². The molecule has 0 aliphatic heterocycles. The molecule has 1 heterocycles. The second kappa shape index (κ2) is 9.09. The number of nitrogens with one attached hydrogen (secondary N) is 2. The zero-order valence-corrected chi connectivity index (χ0v) is 16.6. The van der Waals surface area contributed by atoms with E-state index < -0.39 is 0 Å². The van der Waals surface area contributed by atoms with Crippen LogP contribution in [0.15, 0.2) is 53.1 Å². The predicted molar refractivity (Wildman–Crippen MR) is 112 cm³/mol. The van der Waals surface area contributed by atoms with Crippen LogP contribution in [0.3, 0.4) is 0 Å². The predicted octanol–water partition coefficient (Wildman–Crippen LogP) is 4.04. The first kappa shape index (κ1) is 20.2. The van der Waals surface area contributed by atoms with Gasteiger partial charge in [-0.1, -0.05) is 46.8 Å². The number of nitrogens with zero attached hydrogens (tertiary/aromatic N) is 1. The van der Waals surface area contributed by atoms with Gasteiger partial charge in [0.2, 0.25) is 5.91 Å². The van der Waals surface area contributed by atoms with Crippen molar-refractivity contribution in [3.8, 4) is 23.1 Å². The Morgan fingerprint density at radius 2 is 1.86 bits per heavy atom. The number of benzene rings is 2. The average Bonchev–Trinajstić information content (AvgIpc) is 3.07. The number of carbonyl (C=O) groups excluding carboxylic acids is 2. The van der Waals surface area contributed by atoms with Crippen molar-refractivity contribution in [2.24, 2.45) is 0 Å². The molecule has 0 aliphatic rings. The Balaban J connectivity index is 1.67. The van der Waals surface area contributed by atoms with Crippen molar-refractivity contribution in [1.82, 2.24) is 10.5 Å². The van der Waals surface area contributed by atoms with Gasteiger partial charge in [0, 0.05) is 23.7 Å². The Morgan fingerprint density at radius 1 is 1.14 bits per heavy atom. The highest BCUT2D eigenvalue weighted by molar-refractivity contribution is 6.33. The summed E-state index contributed by atoms with van der Waals surface area (Å²) in [5.41, 5.74) is 2.82. The van der Waals surface area contributed by atoms with Crippen molar-refractivity contribution in [2.75, 3.05) is 11.9 Å². The van der Waals surface area contributed by atoms with Crippen LogP contribution in [0.2, 0.25) is 5.02 Å². The minimum Gasteiger partial charge on any atom is -0.360 e. The number of aryl methyl sites for hydroxylation is 1. The molecule has 3 aromatic rings. The normalized spacial score (nSPS) is 10.0. The van der Waals surface area contributed by atoms with E-state index >= 15 is 0 Å². The summed E-state index contributed by atoms with van der Waals surface area (Å²) in [7, 11) is 0. The molecule has 146 valence electrons. The molecule has 0 saturated carbocycles. The SMILES string of the molecule is CC(=O)Nc1ccc(C#CCNC(=O)c2c(-c3ccccc3Cl)noc2C)cc1. The van der Waals surface area contributed by atoms with Gasteiger partial charge in [0.15, 0.2) is 0 Å². The summed E-state index contributed by atoms with van der Waals surface area (Å²) in [4.78, 5) is 23.7. The molecule has 2 aromatic carbocycles. The summed E-state index contributed by atoms with van der Waals surface area (Å²) in [5.74, 6) is 5.79. The minimum absolute atomic E-state index is 0.133. The molecule has 0 fully saturated rings. The smallest absolute Gasteiger partial charge is 0.257 e. The molecule has 0 spiro atoms. The van der Waals surface area contributed by atoms with Gasteiger partial charge in [-0.15, -0.1) is 0 Å². The highest BCUT2D eigenvalue weighted by atomic mass is 35.5. The van der Waals surface area contributed by atoms with Crippen molar-refractivity contribution in [2.45, 2.75) is 13.8 Å². The van der Waals surface area contributed by atoms with Gasteiger partial charge < -0.3 is 15.2 Å². The Kier molecular flexibility index (Phi) is 6.32. The molecule has 2 N–H and O–H groups in total. The lowest BCUT2D eigenvalue weighted by molar-refractivity contribution is -0.114. The van der Waals surface area contributed by atoms with Crippen LogP contribution in [-0.4, -0.2) is 23.5 Å². The highest BCUT2D eigenvalue weighted by Crippen LogP contribution is 2.30. The molecule has 0 saturated heterocycles. The first-order valence-electron chi connectivity index (χ1n) is 8.81. The summed E-state index contributed by atoms with van der Waals surface area (Å²) in [6, 6.07) is 14.2. The standard InChI is InChI=1S/C22H18ClN3O3/c1-14-20(21(26-29-14)18-7-3-4-8-19(18)23)22(28)24-13-5-6-16-9-11-17(12-10-16)25-15(2)27/h3-4,7-12H,13H2,1-2H3,(H,24,28)(H,25,27). The summed E-state index contributed by atoms with van der Waals surface area (Å²) in [5, 5.41) is 9.91. The second-order valence-electron chi connectivity index (χ2n) is 6.19. The van der Waals surface area contributed by atoms with Crippen molar-refractivity contribution in [1.29, 1.82) is 0 Å². The fraction of sp³-hybridized carbons (Fsp3) is 0.136. The van der Waals surface area contributed by atoms with E-state index in [1.807, 2.05) is 6.07 Å². The number of hydrogen-bond donors (Lipinski definition) is 2. The van der Waals surface area contributed by atoms with Crippen LogP contribution < -0.4 is 10.6 Å². The molecule has 2 amide bonds. The molecule has 0 bridgehead atoms. The summed E-state index contributed by atoms with van der Waals surface area (Å²) < 4.78 is 5.21. The molecule has 1 aromatic heterocycles. The van der Waals surface area contributed by atoms with Gasteiger partial charge in [-0.05, 0) is 37.3 Å². The van der Waals surface area contributed by atoms with E-state index in [0.717, 1.165) is 5.56 Å². The largest absolute Gasteiger partial charge is 0.360 e. The van der Waals surface area contributed by atoms with Gasteiger partial charge in [-0.2, -0.15) is 0 Å². The number of rotatable bonds is 4. The van der Waals surface area contributed by atoms with Crippen molar-refractivity contribution >= 4 is 29.1 Å². The first-order valence-corrected chi connectivity index (χ1v) is 9.19. The van der Waals surface area contributed by atoms with Gasteiger partial charge >= 0.3 is 0 Å². The maximum atomic E-state index is 12.6. The molecule has 29 heavy (non-hydrogen) atoms. The third-order valence-corrected chi connectivity index (χ3v) is 4.32. The van der Waals surface area contributed by atoms with Crippen LogP contribution in [0.5, 0.6) is 0 Å². The topological polar surface area (TPSA) is 84.2 Å². The van der Waals surface area contributed by atoms with Gasteiger partial charge in [-0.3, -0.25) is 9.59 Å². The maximum Gasteiger partial charge on any atom is 0.257 e. The quantitative estimate of drug-likeness (QED) is 0.639. The number of aromatic nitrogens is 1. The van der Waals surface area contributed by atoms with E-state index in [-0.39, 0.29) is 18.4 Å². The highest BCUT2D eigenvalue weighted by Gasteiger charge is 2.22. The number of halogens is 1. The zero-order chi connectivity index (χ0) is 20.8. The van der Waals surface area contributed by atoms with E-state index in [9.17, 15) is 9.59 Å². The molecule has 7 heteroatoms. The van der Waals surface area contributed by atoms with E-state index in [1.165, 1.54) is 6.92 Å². The zero-order valence-electron chi connectivity index (χ0n) is 15.9. The Bertz CT molecular complexity index is 1110. The van der Waals surface area contributed by atoms with Gasteiger partial charge in [0.25, 0.3) is 5.91 Å². The summed E-state index contributed by atoms with van der Waals surface area (Å²) >= 11 is 6.22. The molecule has 0 atom stereocenters. The second-order valence-corrected chi connectivity index (χ2v) is 6.59. The molecule has 6 nitrogen and oxygen atoms in total. The number of anilines is 1. The summed E-state index contributed by atoms with van der Waals surface area (Å²) in [6.07, 6.45) is 0. The van der Waals surface area contributed by atoms with Crippen molar-refractivity contribution < 1.29 is 14.1 Å². The van der Waals surface area contributed by atoms with E-state index in [2.05, 4.69) is 27.6 Å². The monoisotopic (exact) mass is 407 g/mol. The van der Waals surface area contributed by atoms with E-state index in [4.69, 9.17) is 16.1 Å². The third-order valence-electron chi connectivity index (χ3n) is 3.99. The first-order chi connectivity index (χ1) is 14.0. The fourth-order valence-electron chi connectivity index (χ4n) is 2.68. The molecule has 0 unspecified atom stereocenters. The lowest BCUT2D eigenvalue weighted by Gasteiger charge is -2.04. The molecule has 0 aliphatic carbocycles.